The van der Waals surface area contributed by atoms with E-state index in [0.29, 0.717) is 17.9 Å². The van der Waals surface area contributed by atoms with Crippen molar-refractivity contribution in [2.75, 3.05) is 11.9 Å². The number of pyridine rings is 1. The van der Waals surface area contributed by atoms with E-state index in [2.05, 4.69) is 38.9 Å². The highest BCUT2D eigenvalue weighted by molar-refractivity contribution is 9.11. The summed E-state index contributed by atoms with van der Waals surface area (Å²) in [6, 6.07) is 4.13. The fourth-order valence-corrected chi connectivity index (χ4v) is 2.01. The van der Waals surface area contributed by atoms with Gasteiger partial charge in [-0.05, 0) is 30.9 Å². The van der Waals surface area contributed by atoms with E-state index >= 15 is 0 Å². The average Bonchev–Trinajstić information content (AvgIpc) is 2.71. The molecule has 82 valence electrons. The minimum atomic E-state index is 0.584. The van der Waals surface area contributed by atoms with Crippen LogP contribution in [0.4, 0.5) is 5.82 Å². The number of nitrogens with one attached hydrogen (secondary N) is 1. The fourth-order valence-electron chi connectivity index (χ4n) is 1.87. The minimum absolute atomic E-state index is 0.584. The zero-order chi connectivity index (χ0) is 11.5. The smallest absolute Gasteiger partial charge is 0.144 e. The third-order valence-electron chi connectivity index (χ3n) is 2.62. The van der Waals surface area contributed by atoms with Crippen LogP contribution in [-0.2, 0) is 12.8 Å². The maximum absolute atomic E-state index is 9.05. The van der Waals surface area contributed by atoms with Crippen LogP contribution in [0.25, 0.3) is 0 Å². The molecule has 1 N–H and O–H groups in total. The SMILES string of the molecule is C=C(Br)CNc1nc2c(cc1C#N)CCC2. The van der Waals surface area contributed by atoms with Gasteiger partial charge in [0.05, 0.1) is 5.56 Å². The quantitative estimate of drug-likeness (QED) is 0.924. The number of fused-ring (bicyclic) bond motifs is 1. The molecule has 1 aromatic rings. The van der Waals surface area contributed by atoms with E-state index in [1.54, 1.807) is 0 Å². The van der Waals surface area contributed by atoms with Gasteiger partial charge in [0.25, 0.3) is 0 Å². The molecule has 0 radical (unpaired) electrons. The monoisotopic (exact) mass is 277 g/mol. The van der Waals surface area contributed by atoms with Gasteiger partial charge < -0.3 is 5.32 Å². The Bertz CT molecular complexity index is 474. The Kier molecular flexibility index (Phi) is 3.25. The lowest BCUT2D eigenvalue weighted by atomic mass is 10.1. The van der Waals surface area contributed by atoms with Crippen molar-refractivity contribution in [1.82, 2.24) is 4.98 Å². The minimum Gasteiger partial charge on any atom is -0.364 e. The summed E-state index contributed by atoms with van der Waals surface area (Å²) in [7, 11) is 0. The number of anilines is 1. The predicted molar refractivity (Wildman–Crippen MR) is 67.5 cm³/mol. The third kappa shape index (κ3) is 2.25. The molecule has 0 fully saturated rings. The number of halogens is 1. The topological polar surface area (TPSA) is 48.7 Å². The van der Waals surface area contributed by atoms with Gasteiger partial charge >= 0.3 is 0 Å². The lowest BCUT2D eigenvalue weighted by molar-refractivity contribution is 0.899. The Morgan fingerprint density at radius 3 is 3.12 bits per heavy atom. The molecule has 1 heterocycles. The maximum Gasteiger partial charge on any atom is 0.144 e. The molecule has 3 nitrogen and oxygen atoms in total. The Labute approximate surface area is 103 Å². The summed E-state index contributed by atoms with van der Waals surface area (Å²) in [5.74, 6) is 0.670. The molecular formula is C12H12BrN3. The number of hydrogen-bond acceptors (Lipinski definition) is 3. The number of hydrogen-bond donors (Lipinski definition) is 1. The number of aryl methyl sites for hydroxylation is 2. The molecule has 0 unspecified atom stereocenters. The van der Waals surface area contributed by atoms with Crippen LogP contribution in [0.1, 0.15) is 23.2 Å². The van der Waals surface area contributed by atoms with Crippen LogP contribution >= 0.6 is 15.9 Å². The number of aromatic nitrogens is 1. The van der Waals surface area contributed by atoms with E-state index in [9.17, 15) is 0 Å². The van der Waals surface area contributed by atoms with Crippen LogP contribution in [0.3, 0.4) is 0 Å². The van der Waals surface area contributed by atoms with Gasteiger partial charge in [-0.15, -0.1) is 0 Å². The second-order valence-electron chi connectivity index (χ2n) is 3.83. The van der Waals surface area contributed by atoms with Gasteiger partial charge in [0.15, 0.2) is 0 Å². The van der Waals surface area contributed by atoms with Gasteiger partial charge in [0, 0.05) is 16.7 Å². The molecule has 0 amide bonds. The number of nitriles is 1. The summed E-state index contributed by atoms with van der Waals surface area (Å²) >= 11 is 3.27. The molecule has 0 aliphatic heterocycles. The van der Waals surface area contributed by atoms with Crippen molar-refractivity contribution in [2.24, 2.45) is 0 Å². The van der Waals surface area contributed by atoms with Gasteiger partial charge in [0.2, 0.25) is 0 Å². The fraction of sp³-hybridized carbons (Fsp3) is 0.333. The van der Waals surface area contributed by atoms with Crippen LogP contribution in [0.2, 0.25) is 0 Å². The highest BCUT2D eigenvalue weighted by Gasteiger charge is 2.16. The molecule has 0 atom stereocenters. The number of nitrogens with zero attached hydrogens (tertiary/aromatic N) is 2. The van der Waals surface area contributed by atoms with E-state index in [1.165, 1.54) is 5.56 Å². The van der Waals surface area contributed by atoms with Crippen LogP contribution in [0.5, 0.6) is 0 Å². The highest BCUT2D eigenvalue weighted by atomic mass is 79.9. The first-order chi connectivity index (χ1) is 7.70. The molecule has 1 aromatic heterocycles. The summed E-state index contributed by atoms with van der Waals surface area (Å²) in [6.07, 6.45) is 3.20. The van der Waals surface area contributed by atoms with Gasteiger partial charge in [0.1, 0.15) is 11.9 Å². The second kappa shape index (κ2) is 4.67. The normalized spacial score (nSPS) is 13.0. The Morgan fingerprint density at radius 1 is 1.62 bits per heavy atom. The van der Waals surface area contributed by atoms with Crippen molar-refractivity contribution in [3.05, 3.63) is 33.9 Å². The van der Waals surface area contributed by atoms with Crippen LogP contribution in [0.15, 0.2) is 17.1 Å². The van der Waals surface area contributed by atoms with Crippen LogP contribution in [0, 0.1) is 11.3 Å². The summed E-state index contributed by atoms with van der Waals surface area (Å²) in [6.45, 7) is 4.33. The Balaban J connectivity index is 2.30. The summed E-state index contributed by atoms with van der Waals surface area (Å²) in [5, 5.41) is 12.2. The Morgan fingerprint density at radius 2 is 2.44 bits per heavy atom. The molecule has 0 spiro atoms. The van der Waals surface area contributed by atoms with E-state index < -0.39 is 0 Å². The van der Waals surface area contributed by atoms with Gasteiger partial charge in [-0.3, -0.25) is 0 Å². The maximum atomic E-state index is 9.05. The van der Waals surface area contributed by atoms with E-state index in [4.69, 9.17) is 5.26 Å². The largest absolute Gasteiger partial charge is 0.364 e. The molecular weight excluding hydrogens is 266 g/mol. The number of rotatable bonds is 3. The average molecular weight is 278 g/mol. The van der Waals surface area contributed by atoms with Crippen LogP contribution in [-0.4, -0.2) is 11.5 Å². The Hall–Kier alpha value is -1.34. The second-order valence-corrected chi connectivity index (χ2v) is 4.95. The first-order valence-electron chi connectivity index (χ1n) is 5.20. The predicted octanol–water partition coefficient (Wildman–Crippen LogP) is 2.76. The zero-order valence-electron chi connectivity index (χ0n) is 8.89. The van der Waals surface area contributed by atoms with Gasteiger partial charge in [-0.2, -0.15) is 5.26 Å². The molecule has 0 aromatic carbocycles. The molecule has 2 rings (SSSR count). The molecule has 1 aliphatic rings. The van der Waals surface area contributed by atoms with Crippen LogP contribution < -0.4 is 5.32 Å². The molecule has 0 saturated heterocycles. The standard InChI is InChI=1S/C12H12BrN3/c1-8(13)7-15-12-10(6-14)5-9-3-2-4-11(9)16-12/h5H,1-4,7H2,(H,15,16). The van der Waals surface area contributed by atoms with Gasteiger partial charge in [-0.1, -0.05) is 22.5 Å². The summed E-state index contributed by atoms with van der Waals surface area (Å²) in [4.78, 5) is 4.50. The van der Waals surface area contributed by atoms with E-state index in [0.717, 1.165) is 29.4 Å². The zero-order valence-corrected chi connectivity index (χ0v) is 10.5. The van der Waals surface area contributed by atoms with Crippen molar-refractivity contribution < 1.29 is 0 Å². The summed E-state index contributed by atoms with van der Waals surface area (Å²) in [5.41, 5.74) is 2.97. The van der Waals surface area contributed by atoms with Crippen molar-refractivity contribution in [3.63, 3.8) is 0 Å². The summed E-state index contributed by atoms with van der Waals surface area (Å²) < 4.78 is 0.846. The first-order valence-corrected chi connectivity index (χ1v) is 6.00. The molecule has 0 bridgehead atoms. The molecule has 1 aliphatic carbocycles. The van der Waals surface area contributed by atoms with Crippen molar-refractivity contribution in [2.45, 2.75) is 19.3 Å². The van der Waals surface area contributed by atoms with Crippen molar-refractivity contribution in [1.29, 1.82) is 5.26 Å². The highest BCUT2D eigenvalue weighted by Crippen LogP contribution is 2.25. The van der Waals surface area contributed by atoms with Crippen molar-refractivity contribution >= 4 is 21.7 Å². The molecule has 16 heavy (non-hydrogen) atoms. The molecule has 4 heteroatoms. The third-order valence-corrected chi connectivity index (χ3v) is 2.90. The van der Waals surface area contributed by atoms with Gasteiger partial charge in [-0.25, -0.2) is 4.98 Å². The first kappa shape index (κ1) is 11.2. The van der Waals surface area contributed by atoms with E-state index in [-0.39, 0.29) is 0 Å². The molecule has 0 saturated carbocycles. The van der Waals surface area contributed by atoms with E-state index in [1.807, 2.05) is 6.07 Å². The van der Waals surface area contributed by atoms with Crippen molar-refractivity contribution in [3.8, 4) is 6.07 Å². The lowest BCUT2D eigenvalue weighted by Gasteiger charge is -2.08. The lowest BCUT2D eigenvalue weighted by Crippen LogP contribution is -2.06.